The average molecular weight is 274 g/mol. The van der Waals surface area contributed by atoms with Crippen molar-refractivity contribution in [2.24, 2.45) is 0 Å². The van der Waals surface area contributed by atoms with Crippen molar-refractivity contribution in [2.75, 3.05) is 0 Å². The highest BCUT2D eigenvalue weighted by Gasteiger charge is 2.05. The first kappa shape index (κ1) is 11.7. The lowest BCUT2D eigenvalue weighted by atomic mass is 10.0. The highest BCUT2D eigenvalue weighted by molar-refractivity contribution is 7.19. The SMILES string of the molecule is c1ccc2sc(Cc3cccc4ccccc34)cc2c1. The first-order valence-electron chi connectivity index (χ1n) is 6.84. The number of hydrogen-bond acceptors (Lipinski definition) is 1. The van der Waals surface area contributed by atoms with Crippen LogP contribution in [0.25, 0.3) is 20.9 Å². The summed E-state index contributed by atoms with van der Waals surface area (Å²) in [7, 11) is 0. The van der Waals surface area contributed by atoms with Gasteiger partial charge in [0.25, 0.3) is 0 Å². The molecule has 0 spiro atoms. The van der Waals surface area contributed by atoms with Crippen molar-refractivity contribution in [1.29, 1.82) is 0 Å². The fourth-order valence-electron chi connectivity index (χ4n) is 2.76. The molecule has 1 heteroatoms. The van der Waals surface area contributed by atoms with E-state index in [0.717, 1.165) is 6.42 Å². The summed E-state index contributed by atoms with van der Waals surface area (Å²) in [5.74, 6) is 0. The molecule has 0 aliphatic carbocycles. The minimum atomic E-state index is 1.01. The highest BCUT2D eigenvalue weighted by Crippen LogP contribution is 2.29. The van der Waals surface area contributed by atoms with Crippen molar-refractivity contribution in [3.05, 3.63) is 83.2 Å². The number of rotatable bonds is 2. The summed E-state index contributed by atoms with van der Waals surface area (Å²) >= 11 is 1.90. The van der Waals surface area contributed by atoms with Gasteiger partial charge in [-0.1, -0.05) is 60.7 Å². The maximum Gasteiger partial charge on any atom is 0.0345 e. The summed E-state index contributed by atoms with van der Waals surface area (Å²) in [6.07, 6.45) is 1.01. The van der Waals surface area contributed by atoms with Crippen molar-refractivity contribution in [3.8, 4) is 0 Å². The van der Waals surface area contributed by atoms with Crippen LogP contribution in [0.1, 0.15) is 10.4 Å². The number of hydrogen-bond donors (Lipinski definition) is 0. The monoisotopic (exact) mass is 274 g/mol. The Kier molecular flexibility index (Phi) is 2.79. The predicted molar refractivity (Wildman–Crippen MR) is 88.6 cm³/mol. The molecule has 96 valence electrons. The maximum atomic E-state index is 2.32. The molecule has 0 N–H and O–H groups in total. The van der Waals surface area contributed by atoms with Gasteiger partial charge in [0, 0.05) is 16.0 Å². The van der Waals surface area contributed by atoms with Crippen molar-refractivity contribution < 1.29 is 0 Å². The van der Waals surface area contributed by atoms with E-state index in [9.17, 15) is 0 Å². The van der Waals surface area contributed by atoms with E-state index in [1.165, 1.54) is 31.3 Å². The van der Waals surface area contributed by atoms with E-state index in [-0.39, 0.29) is 0 Å². The molecule has 0 bridgehead atoms. The predicted octanol–water partition coefficient (Wildman–Crippen LogP) is 5.65. The molecule has 0 unspecified atom stereocenters. The molecule has 0 atom stereocenters. The van der Waals surface area contributed by atoms with Crippen LogP contribution in [0.15, 0.2) is 72.8 Å². The molecule has 4 rings (SSSR count). The van der Waals surface area contributed by atoms with Crippen LogP contribution >= 0.6 is 11.3 Å². The quantitative estimate of drug-likeness (QED) is 0.443. The molecule has 0 aliphatic heterocycles. The van der Waals surface area contributed by atoms with E-state index >= 15 is 0 Å². The zero-order valence-corrected chi connectivity index (χ0v) is 11.9. The lowest BCUT2D eigenvalue weighted by molar-refractivity contribution is 1.27. The molecule has 0 saturated carbocycles. The fourth-order valence-corrected chi connectivity index (χ4v) is 3.85. The molecule has 3 aromatic carbocycles. The van der Waals surface area contributed by atoms with Gasteiger partial charge in [-0.3, -0.25) is 0 Å². The zero-order valence-electron chi connectivity index (χ0n) is 11.0. The minimum absolute atomic E-state index is 1.01. The van der Waals surface area contributed by atoms with Crippen LogP contribution in [0.3, 0.4) is 0 Å². The van der Waals surface area contributed by atoms with Crippen molar-refractivity contribution in [2.45, 2.75) is 6.42 Å². The van der Waals surface area contributed by atoms with Crippen LogP contribution in [0.2, 0.25) is 0 Å². The Labute approximate surface area is 122 Å². The molecule has 0 saturated heterocycles. The van der Waals surface area contributed by atoms with Crippen molar-refractivity contribution in [3.63, 3.8) is 0 Å². The molecular formula is C19H14S. The number of benzene rings is 3. The third kappa shape index (κ3) is 2.00. The van der Waals surface area contributed by atoms with Gasteiger partial charge in [-0.15, -0.1) is 11.3 Å². The van der Waals surface area contributed by atoms with Gasteiger partial charge >= 0.3 is 0 Å². The number of thiophene rings is 1. The minimum Gasteiger partial charge on any atom is -0.140 e. The third-order valence-corrected chi connectivity index (χ3v) is 4.84. The molecule has 0 amide bonds. The Morgan fingerprint density at radius 3 is 2.35 bits per heavy atom. The van der Waals surface area contributed by atoms with Gasteiger partial charge in [0.2, 0.25) is 0 Å². The molecule has 1 heterocycles. The smallest absolute Gasteiger partial charge is 0.0345 e. The zero-order chi connectivity index (χ0) is 13.4. The van der Waals surface area contributed by atoms with E-state index in [1.807, 2.05) is 11.3 Å². The summed E-state index contributed by atoms with van der Waals surface area (Å²) < 4.78 is 1.38. The molecule has 4 aromatic rings. The maximum absolute atomic E-state index is 2.32. The van der Waals surface area contributed by atoms with E-state index in [1.54, 1.807) is 0 Å². The fraction of sp³-hybridized carbons (Fsp3) is 0.0526. The average Bonchev–Trinajstić information content (AvgIpc) is 2.90. The van der Waals surface area contributed by atoms with E-state index in [2.05, 4.69) is 72.8 Å². The van der Waals surface area contributed by atoms with Gasteiger partial charge in [-0.25, -0.2) is 0 Å². The van der Waals surface area contributed by atoms with Crippen LogP contribution in [0, 0.1) is 0 Å². The largest absolute Gasteiger partial charge is 0.140 e. The topological polar surface area (TPSA) is 0 Å². The Balaban J connectivity index is 1.80. The summed E-state index contributed by atoms with van der Waals surface area (Å²) in [5.41, 5.74) is 1.41. The van der Waals surface area contributed by atoms with Crippen LogP contribution in [-0.2, 0) is 6.42 Å². The third-order valence-electron chi connectivity index (χ3n) is 3.72. The Hall–Kier alpha value is -2.12. The highest BCUT2D eigenvalue weighted by atomic mass is 32.1. The standard InChI is InChI=1S/C19H14S/c1-3-10-18-14(6-1)8-5-9-15(18)12-17-13-16-7-2-4-11-19(16)20-17/h1-11,13H,12H2. The van der Waals surface area contributed by atoms with Crippen molar-refractivity contribution >= 4 is 32.2 Å². The summed E-state index contributed by atoms with van der Waals surface area (Å²) in [4.78, 5) is 1.43. The Morgan fingerprint density at radius 1 is 0.700 bits per heavy atom. The molecule has 0 aliphatic rings. The lowest BCUT2D eigenvalue weighted by Gasteiger charge is -2.04. The second-order valence-electron chi connectivity index (χ2n) is 5.07. The first-order valence-corrected chi connectivity index (χ1v) is 7.66. The molecule has 0 fully saturated rings. The van der Waals surface area contributed by atoms with Gasteiger partial charge < -0.3 is 0 Å². The lowest BCUT2D eigenvalue weighted by Crippen LogP contribution is -1.86. The number of fused-ring (bicyclic) bond motifs is 2. The second kappa shape index (κ2) is 4.77. The van der Waals surface area contributed by atoms with E-state index < -0.39 is 0 Å². The van der Waals surface area contributed by atoms with Crippen molar-refractivity contribution in [1.82, 2.24) is 0 Å². The summed E-state index contributed by atoms with van der Waals surface area (Å²) in [6, 6.07) is 26.1. The normalized spacial score (nSPS) is 11.2. The van der Waals surface area contributed by atoms with Crippen LogP contribution in [0.4, 0.5) is 0 Å². The van der Waals surface area contributed by atoms with Crippen LogP contribution < -0.4 is 0 Å². The molecule has 1 aromatic heterocycles. The van der Waals surface area contributed by atoms with E-state index in [4.69, 9.17) is 0 Å². The van der Waals surface area contributed by atoms with Gasteiger partial charge in [0.15, 0.2) is 0 Å². The van der Waals surface area contributed by atoms with Gasteiger partial charge in [0.05, 0.1) is 0 Å². The Bertz CT molecular complexity index is 848. The second-order valence-corrected chi connectivity index (χ2v) is 6.23. The van der Waals surface area contributed by atoms with Crippen LogP contribution in [-0.4, -0.2) is 0 Å². The molecule has 0 nitrogen and oxygen atoms in total. The van der Waals surface area contributed by atoms with Gasteiger partial charge in [-0.2, -0.15) is 0 Å². The van der Waals surface area contributed by atoms with Gasteiger partial charge in [0.1, 0.15) is 0 Å². The molecule has 0 radical (unpaired) electrons. The first-order chi connectivity index (χ1) is 9.90. The Morgan fingerprint density at radius 2 is 1.45 bits per heavy atom. The molecular weight excluding hydrogens is 260 g/mol. The summed E-state index contributed by atoms with van der Waals surface area (Å²) in [6.45, 7) is 0. The van der Waals surface area contributed by atoms with Gasteiger partial charge in [-0.05, 0) is 33.9 Å². The summed E-state index contributed by atoms with van der Waals surface area (Å²) in [5, 5.41) is 4.05. The van der Waals surface area contributed by atoms with E-state index in [0.29, 0.717) is 0 Å². The molecule has 20 heavy (non-hydrogen) atoms. The van der Waals surface area contributed by atoms with Crippen LogP contribution in [0.5, 0.6) is 0 Å².